The summed E-state index contributed by atoms with van der Waals surface area (Å²) >= 11 is 2.22. The van der Waals surface area contributed by atoms with Gasteiger partial charge in [-0.1, -0.05) is 98.3 Å². The van der Waals surface area contributed by atoms with Crippen LogP contribution in [0.2, 0.25) is 0 Å². The van der Waals surface area contributed by atoms with Crippen LogP contribution in [0.5, 0.6) is 0 Å². The van der Waals surface area contributed by atoms with E-state index in [-0.39, 0.29) is 0 Å². The molecule has 0 aliphatic rings. The second-order valence-corrected chi connectivity index (χ2v) is 14.7. The number of hydrogen-bond donors (Lipinski definition) is 0. The predicted molar refractivity (Wildman–Crippen MR) is 171 cm³/mol. The molecule has 0 spiro atoms. The molecular formula is C32H59ClP2Pd. The zero-order chi connectivity index (χ0) is 27.7. The van der Waals surface area contributed by atoms with Gasteiger partial charge in [0.2, 0.25) is 0 Å². The van der Waals surface area contributed by atoms with Crippen LogP contribution in [0.25, 0.3) is 0 Å². The molecule has 0 aromatic heterocycles. The Labute approximate surface area is 246 Å². The van der Waals surface area contributed by atoms with E-state index in [0.717, 1.165) is 5.56 Å². The average Bonchev–Trinajstić information content (AvgIpc) is 2.94. The summed E-state index contributed by atoms with van der Waals surface area (Å²) in [7, 11) is 5.33. The van der Waals surface area contributed by atoms with E-state index in [1.54, 1.807) is 37.0 Å². The fraction of sp³-hybridized carbons (Fsp3) is 0.750. The van der Waals surface area contributed by atoms with Gasteiger partial charge in [0.05, 0.1) is 0 Å². The molecule has 0 fully saturated rings. The summed E-state index contributed by atoms with van der Waals surface area (Å²) in [5.74, 6) is 2.28. The van der Waals surface area contributed by atoms with Gasteiger partial charge in [0.25, 0.3) is 0 Å². The molecule has 1 aromatic carbocycles. The number of unbranched alkanes of at least 4 members (excludes halogenated alkanes) is 6. The molecule has 0 saturated heterocycles. The van der Waals surface area contributed by atoms with Crippen molar-refractivity contribution in [2.75, 3.05) is 37.0 Å². The Morgan fingerprint density at radius 1 is 0.556 bits per heavy atom. The first-order chi connectivity index (χ1) is 17.6. The van der Waals surface area contributed by atoms with Crippen molar-refractivity contribution in [2.24, 2.45) is 0 Å². The van der Waals surface area contributed by atoms with Crippen LogP contribution >= 0.6 is 25.4 Å². The fourth-order valence-electron chi connectivity index (χ4n) is 3.48. The normalized spacial score (nSPS) is 9.94. The molecule has 0 nitrogen and oxygen atoms in total. The van der Waals surface area contributed by atoms with E-state index < -0.39 is 0 Å². The van der Waals surface area contributed by atoms with Crippen molar-refractivity contribution in [3.8, 4) is 5.92 Å². The molecule has 4 heteroatoms. The molecule has 36 heavy (non-hydrogen) atoms. The van der Waals surface area contributed by atoms with Crippen molar-refractivity contribution in [3.05, 3.63) is 42.3 Å². The summed E-state index contributed by atoms with van der Waals surface area (Å²) in [4.78, 5) is 0. The van der Waals surface area contributed by atoms with Crippen LogP contribution in [0.4, 0.5) is 0 Å². The molecular weight excluding hydrogens is 588 g/mol. The Balaban J connectivity index is -0.000000448. The van der Waals surface area contributed by atoms with Crippen LogP contribution in [0.1, 0.15) is 124 Å². The first-order valence-electron chi connectivity index (χ1n) is 14.7. The first-order valence-corrected chi connectivity index (χ1v) is 20.5. The van der Waals surface area contributed by atoms with Gasteiger partial charge in [-0.25, -0.2) is 0 Å². The third-order valence-electron chi connectivity index (χ3n) is 5.89. The molecule has 1 aromatic rings. The molecule has 0 saturated carbocycles. The molecule has 0 aliphatic heterocycles. The van der Waals surface area contributed by atoms with E-state index in [1.165, 1.54) is 77.0 Å². The summed E-state index contributed by atoms with van der Waals surface area (Å²) in [5.41, 5.74) is 0.826. The quantitative estimate of drug-likeness (QED) is 0.0644. The topological polar surface area (TPSA) is 0 Å². The van der Waals surface area contributed by atoms with Crippen molar-refractivity contribution in [1.82, 2.24) is 0 Å². The molecule has 1 rings (SSSR count). The van der Waals surface area contributed by atoms with Crippen LogP contribution < -0.4 is 0 Å². The molecule has 0 heterocycles. The van der Waals surface area contributed by atoms with Gasteiger partial charge in [0.1, 0.15) is 0 Å². The Kier molecular flexibility index (Phi) is 43.1. The van der Waals surface area contributed by atoms with E-state index in [4.69, 9.17) is 6.42 Å². The molecule has 0 amide bonds. The summed E-state index contributed by atoms with van der Waals surface area (Å²) in [6.07, 6.45) is 33.1. The van der Waals surface area contributed by atoms with Gasteiger partial charge >= 0.3 is 27.7 Å². The Hall–Kier alpha value is 0.592. The van der Waals surface area contributed by atoms with Gasteiger partial charge in [0.15, 0.2) is 0 Å². The van der Waals surface area contributed by atoms with Crippen molar-refractivity contribution in [2.45, 2.75) is 119 Å². The van der Waals surface area contributed by atoms with Gasteiger partial charge in [0, 0.05) is 0 Å². The second kappa shape index (κ2) is 37.7. The Morgan fingerprint density at radius 2 is 0.806 bits per heavy atom. The van der Waals surface area contributed by atoms with E-state index >= 15 is 0 Å². The van der Waals surface area contributed by atoms with Gasteiger partial charge in [-0.2, -0.15) is 0 Å². The van der Waals surface area contributed by atoms with Crippen LogP contribution in [-0.2, 0) is 18.2 Å². The van der Waals surface area contributed by atoms with Crippen molar-refractivity contribution in [3.63, 3.8) is 0 Å². The van der Waals surface area contributed by atoms with Gasteiger partial charge in [-0.3, -0.25) is 5.92 Å². The van der Waals surface area contributed by atoms with Crippen LogP contribution in [-0.4, -0.2) is 37.0 Å². The summed E-state index contributed by atoms with van der Waals surface area (Å²) in [6, 6.07) is 9.37. The second-order valence-electron chi connectivity index (χ2n) is 9.30. The van der Waals surface area contributed by atoms with Crippen LogP contribution in [0.15, 0.2) is 30.3 Å². The van der Waals surface area contributed by atoms with E-state index in [1.807, 2.05) is 30.3 Å². The third-order valence-corrected chi connectivity index (χ3v) is 11.6. The van der Waals surface area contributed by atoms with Crippen molar-refractivity contribution in [1.29, 1.82) is 0 Å². The third kappa shape index (κ3) is 32.6. The molecule has 0 N–H and O–H groups in total. The number of benzene rings is 1. The van der Waals surface area contributed by atoms with E-state index in [9.17, 15) is 0 Å². The number of hydrogen-bond acceptors (Lipinski definition) is 0. The molecule has 0 unspecified atom stereocenters. The molecule has 0 bridgehead atoms. The Bertz CT molecular complexity index is 471. The predicted octanol–water partition coefficient (Wildman–Crippen LogP) is 12.0. The summed E-state index contributed by atoms with van der Waals surface area (Å²) in [5, 5.41) is 0. The maximum absolute atomic E-state index is 6.69. The minimum absolute atomic E-state index is 0.422. The monoisotopic (exact) mass is 646 g/mol. The SMILES string of the molecule is CCCCP(CCCC)CCCC.CCCCP(CCCC)CCCC.[C-]#Cc1ccccc1.[Cl][Pd+]. The van der Waals surface area contributed by atoms with Gasteiger partial charge in [-0.15, -0.1) is 33.5 Å². The average molecular weight is 648 g/mol. The van der Waals surface area contributed by atoms with E-state index in [0.29, 0.717) is 15.8 Å². The van der Waals surface area contributed by atoms with E-state index in [2.05, 4.69) is 75.2 Å². The molecule has 214 valence electrons. The summed E-state index contributed by atoms with van der Waals surface area (Å²) in [6.45, 7) is 13.9. The van der Waals surface area contributed by atoms with Gasteiger partial charge in [-0.05, 0) is 75.5 Å². The minimum atomic E-state index is 0.422. The molecule has 0 radical (unpaired) electrons. The first kappa shape index (κ1) is 41.1. The standard InChI is InChI=1S/2C12H27P.C8H5.ClH.Pd/c2*1-4-7-10-13(11-8-5-2)12-9-6-3;1-2-8-6-4-3-5-7-8;;/h2*4-12H2,1-3H3;3-7H;1H;/q;;-1;;+2/p-1. The number of rotatable bonds is 18. The summed E-state index contributed by atoms with van der Waals surface area (Å²) < 4.78 is 0. The van der Waals surface area contributed by atoms with Gasteiger partial charge < -0.3 is 6.42 Å². The van der Waals surface area contributed by atoms with Crippen molar-refractivity contribution >= 4 is 25.4 Å². The number of halogens is 1. The zero-order valence-corrected chi connectivity index (χ0v) is 28.8. The van der Waals surface area contributed by atoms with Crippen LogP contribution in [0, 0.1) is 12.3 Å². The fourth-order valence-corrected chi connectivity index (χ4v) is 9.40. The van der Waals surface area contributed by atoms with Crippen molar-refractivity contribution < 1.29 is 18.2 Å². The maximum atomic E-state index is 6.69. The molecule has 0 atom stereocenters. The Morgan fingerprint density at radius 3 is 0.972 bits per heavy atom. The van der Waals surface area contributed by atoms with Crippen LogP contribution in [0.3, 0.4) is 0 Å². The molecule has 0 aliphatic carbocycles. The zero-order valence-electron chi connectivity index (χ0n) is 24.7.